The first-order valence-corrected chi connectivity index (χ1v) is 10.0. The van der Waals surface area contributed by atoms with Crippen molar-refractivity contribution in [1.29, 1.82) is 0 Å². The molecule has 2 aromatic carbocycles. The molecule has 5 nitrogen and oxygen atoms in total. The third-order valence-corrected chi connectivity index (χ3v) is 5.72. The van der Waals surface area contributed by atoms with Crippen molar-refractivity contribution in [3.63, 3.8) is 0 Å². The molecule has 6 heteroatoms. The predicted octanol–water partition coefficient (Wildman–Crippen LogP) is 4.04. The number of aromatic amines is 1. The van der Waals surface area contributed by atoms with E-state index in [1.807, 2.05) is 12.1 Å². The SMILES string of the molecule is COc1ccc(CC2CCN(Cc3nc4ccc(Cl)cc4c(=O)[nH]3)CC2)cc1. The van der Waals surface area contributed by atoms with Crippen LogP contribution in [0.4, 0.5) is 0 Å². The first-order chi connectivity index (χ1) is 13.6. The lowest BCUT2D eigenvalue weighted by molar-refractivity contribution is 0.173. The number of rotatable bonds is 5. The quantitative estimate of drug-likeness (QED) is 0.705. The Morgan fingerprint density at radius 2 is 1.93 bits per heavy atom. The van der Waals surface area contributed by atoms with Gasteiger partial charge in [-0.2, -0.15) is 0 Å². The van der Waals surface area contributed by atoms with E-state index in [1.165, 1.54) is 5.56 Å². The van der Waals surface area contributed by atoms with E-state index in [4.69, 9.17) is 16.3 Å². The first-order valence-electron chi connectivity index (χ1n) is 9.64. The Morgan fingerprint density at radius 3 is 2.64 bits per heavy atom. The number of hydrogen-bond acceptors (Lipinski definition) is 4. The second-order valence-electron chi connectivity index (χ2n) is 7.45. The maximum Gasteiger partial charge on any atom is 0.258 e. The van der Waals surface area contributed by atoms with E-state index >= 15 is 0 Å². The van der Waals surface area contributed by atoms with Gasteiger partial charge in [0.2, 0.25) is 0 Å². The van der Waals surface area contributed by atoms with Crippen LogP contribution in [0.25, 0.3) is 10.9 Å². The van der Waals surface area contributed by atoms with Crippen molar-refractivity contribution in [1.82, 2.24) is 14.9 Å². The summed E-state index contributed by atoms with van der Waals surface area (Å²) in [5, 5.41) is 1.08. The minimum absolute atomic E-state index is 0.128. The Bertz CT molecular complexity index is 1010. The molecular formula is C22H24ClN3O2. The van der Waals surface area contributed by atoms with Gasteiger partial charge in [-0.25, -0.2) is 4.98 Å². The fourth-order valence-corrected chi connectivity index (χ4v) is 4.06. The highest BCUT2D eigenvalue weighted by Crippen LogP contribution is 2.24. The van der Waals surface area contributed by atoms with Gasteiger partial charge in [-0.1, -0.05) is 23.7 Å². The third kappa shape index (κ3) is 4.37. The number of fused-ring (bicyclic) bond motifs is 1. The number of aromatic nitrogens is 2. The molecule has 0 saturated carbocycles. The minimum atomic E-state index is -0.128. The van der Waals surface area contributed by atoms with E-state index in [9.17, 15) is 4.79 Å². The lowest BCUT2D eigenvalue weighted by atomic mass is 9.90. The van der Waals surface area contributed by atoms with Gasteiger partial charge in [0.1, 0.15) is 11.6 Å². The monoisotopic (exact) mass is 397 g/mol. The highest BCUT2D eigenvalue weighted by atomic mass is 35.5. The summed E-state index contributed by atoms with van der Waals surface area (Å²) in [6.07, 6.45) is 3.41. The molecule has 1 aliphatic rings. The number of methoxy groups -OCH3 is 1. The van der Waals surface area contributed by atoms with Crippen molar-refractivity contribution >= 4 is 22.5 Å². The van der Waals surface area contributed by atoms with Gasteiger partial charge >= 0.3 is 0 Å². The third-order valence-electron chi connectivity index (χ3n) is 5.48. The summed E-state index contributed by atoms with van der Waals surface area (Å²) < 4.78 is 5.23. The van der Waals surface area contributed by atoms with E-state index in [0.717, 1.165) is 38.1 Å². The van der Waals surface area contributed by atoms with Crippen molar-refractivity contribution in [2.75, 3.05) is 20.2 Å². The lowest BCUT2D eigenvalue weighted by Gasteiger charge is -2.31. The van der Waals surface area contributed by atoms with Crippen molar-refractivity contribution in [2.45, 2.75) is 25.8 Å². The van der Waals surface area contributed by atoms with Crippen molar-refractivity contribution < 1.29 is 4.74 Å². The van der Waals surface area contributed by atoms with Crippen molar-refractivity contribution in [2.24, 2.45) is 5.92 Å². The summed E-state index contributed by atoms with van der Waals surface area (Å²) >= 11 is 5.98. The van der Waals surface area contributed by atoms with Gasteiger partial charge in [0.25, 0.3) is 5.56 Å². The number of hydrogen-bond donors (Lipinski definition) is 1. The van der Waals surface area contributed by atoms with E-state index < -0.39 is 0 Å². The maximum atomic E-state index is 12.3. The zero-order valence-corrected chi connectivity index (χ0v) is 16.7. The van der Waals surface area contributed by atoms with Crippen LogP contribution in [0, 0.1) is 5.92 Å². The number of benzene rings is 2. The van der Waals surface area contributed by atoms with Gasteiger partial charge in [-0.15, -0.1) is 0 Å². The highest BCUT2D eigenvalue weighted by Gasteiger charge is 2.20. The summed E-state index contributed by atoms with van der Waals surface area (Å²) in [4.78, 5) is 22.2. The van der Waals surface area contributed by atoms with Gasteiger partial charge in [0.15, 0.2) is 0 Å². The molecule has 0 aliphatic carbocycles. The van der Waals surface area contributed by atoms with E-state index in [0.29, 0.717) is 34.2 Å². The van der Waals surface area contributed by atoms with Crippen LogP contribution < -0.4 is 10.3 Å². The topological polar surface area (TPSA) is 58.2 Å². The summed E-state index contributed by atoms with van der Waals surface area (Å²) in [6.45, 7) is 2.70. The van der Waals surface area contributed by atoms with Gasteiger partial charge < -0.3 is 9.72 Å². The minimum Gasteiger partial charge on any atom is -0.497 e. The van der Waals surface area contributed by atoms with E-state index in [-0.39, 0.29) is 5.56 Å². The molecule has 1 aliphatic heterocycles. The molecule has 0 bridgehead atoms. The van der Waals surface area contributed by atoms with Crippen molar-refractivity contribution in [3.8, 4) is 5.75 Å². The second-order valence-corrected chi connectivity index (χ2v) is 7.88. The second kappa shape index (κ2) is 8.33. The van der Waals surface area contributed by atoms with Crippen LogP contribution in [0.15, 0.2) is 47.3 Å². The summed E-state index contributed by atoms with van der Waals surface area (Å²) in [7, 11) is 1.69. The molecule has 4 rings (SSSR count). The normalized spacial score (nSPS) is 15.8. The summed E-state index contributed by atoms with van der Waals surface area (Å²) in [6, 6.07) is 13.6. The van der Waals surface area contributed by atoms with Crippen LogP contribution in [0.2, 0.25) is 5.02 Å². The van der Waals surface area contributed by atoms with Crippen LogP contribution >= 0.6 is 11.6 Å². The van der Waals surface area contributed by atoms with Gasteiger partial charge in [0.05, 0.1) is 24.6 Å². The Hall–Kier alpha value is -2.37. The Labute approximate surface area is 169 Å². The lowest BCUT2D eigenvalue weighted by Crippen LogP contribution is -2.34. The number of halogens is 1. The Kier molecular flexibility index (Phi) is 5.64. The molecule has 0 radical (unpaired) electrons. The average molecular weight is 398 g/mol. The molecule has 1 aromatic heterocycles. The molecule has 0 spiro atoms. The largest absolute Gasteiger partial charge is 0.497 e. The predicted molar refractivity (Wildman–Crippen MR) is 112 cm³/mol. The molecule has 2 heterocycles. The molecule has 1 fully saturated rings. The van der Waals surface area contributed by atoms with Crippen molar-refractivity contribution in [3.05, 3.63) is 69.2 Å². The molecule has 1 saturated heterocycles. The highest BCUT2D eigenvalue weighted by molar-refractivity contribution is 6.31. The summed E-state index contributed by atoms with van der Waals surface area (Å²) in [5.74, 6) is 2.31. The number of nitrogens with one attached hydrogen (secondary N) is 1. The standard InChI is InChI=1S/C22H24ClN3O2/c1-28-18-5-2-15(3-6-18)12-16-8-10-26(11-9-16)14-21-24-20-7-4-17(23)13-19(20)22(27)25-21/h2-7,13,16H,8-12,14H2,1H3,(H,24,25,27). The molecule has 146 valence electrons. The van der Waals surface area contributed by atoms with Crippen LogP contribution in [-0.4, -0.2) is 35.1 Å². The number of nitrogens with zero attached hydrogens (tertiary/aromatic N) is 2. The Morgan fingerprint density at radius 1 is 1.18 bits per heavy atom. The summed E-state index contributed by atoms with van der Waals surface area (Å²) in [5.41, 5.74) is 1.92. The molecule has 3 aromatic rings. The number of likely N-dealkylation sites (tertiary alicyclic amines) is 1. The number of piperidine rings is 1. The van der Waals surface area contributed by atoms with E-state index in [1.54, 1.807) is 25.3 Å². The molecule has 0 unspecified atom stereocenters. The maximum absolute atomic E-state index is 12.3. The molecule has 0 amide bonds. The zero-order chi connectivity index (χ0) is 19.5. The smallest absolute Gasteiger partial charge is 0.258 e. The fraction of sp³-hybridized carbons (Fsp3) is 0.364. The molecular weight excluding hydrogens is 374 g/mol. The van der Waals surface area contributed by atoms with E-state index in [2.05, 4.69) is 27.0 Å². The number of ether oxygens (including phenoxy) is 1. The first kappa shape index (κ1) is 19.0. The van der Waals surface area contributed by atoms with Gasteiger partial charge in [0, 0.05) is 5.02 Å². The fourth-order valence-electron chi connectivity index (χ4n) is 3.89. The van der Waals surface area contributed by atoms with Crippen LogP contribution in [0.3, 0.4) is 0 Å². The van der Waals surface area contributed by atoms with Crippen LogP contribution in [0.5, 0.6) is 5.75 Å². The number of H-pyrrole nitrogens is 1. The van der Waals surface area contributed by atoms with Crippen LogP contribution in [0.1, 0.15) is 24.2 Å². The average Bonchev–Trinajstić information content (AvgIpc) is 2.71. The Balaban J connectivity index is 1.35. The molecule has 1 N–H and O–H groups in total. The zero-order valence-electron chi connectivity index (χ0n) is 16.0. The van der Waals surface area contributed by atoms with Gasteiger partial charge in [-0.3, -0.25) is 9.69 Å². The molecule has 0 atom stereocenters. The molecule has 28 heavy (non-hydrogen) atoms. The van der Waals surface area contributed by atoms with Gasteiger partial charge in [-0.05, 0) is 74.2 Å². The van der Waals surface area contributed by atoms with Crippen LogP contribution in [-0.2, 0) is 13.0 Å².